The van der Waals surface area contributed by atoms with Gasteiger partial charge in [0.15, 0.2) is 11.5 Å². The first kappa shape index (κ1) is 17.3. The number of hydrogen-bond acceptors (Lipinski definition) is 5. The number of methoxy groups -OCH3 is 2. The molecular formula is C21H19N3O2. The number of hydrogen-bond donors (Lipinski definition) is 1. The summed E-state index contributed by atoms with van der Waals surface area (Å²) in [7, 11) is 3.14. The van der Waals surface area contributed by atoms with Crippen LogP contribution in [0, 0.1) is 18.3 Å². The second-order valence-electron chi connectivity index (χ2n) is 5.83. The molecule has 26 heavy (non-hydrogen) atoms. The molecule has 5 nitrogen and oxygen atoms in total. The average Bonchev–Trinajstić information content (AvgIpc) is 2.67. The fraction of sp³-hybridized carbons (Fsp3) is 0.143. The van der Waals surface area contributed by atoms with Crippen molar-refractivity contribution in [2.75, 3.05) is 20.0 Å². The number of pyridine rings is 1. The van der Waals surface area contributed by atoms with E-state index in [4.69, 9.17) is 15.2 Å². The van der Waals surface area contributed by atoms with Crippen molar-refractivity contribution in [1.82, 2.24) is 4.98 Å². The van der Waals surface area contributed by atoms with Gasteiger partial charge in [0.1, 0.15) is 17.5 Å². The highest BCUT2D eigenvalue weighted by atomic mass is 16.5. The van der Waals surface area contributed by atoms with Crippen LogP contribution >= 0.6 is 0 Å². The van der Waals surface area contributed by atoms with Crippen molar-refractivity contribution in [3.8, 4) is 40.0 Å². The van der Waals surface area contributed by atoms with Gasteiger partial charge in [0.2, 0.25) is 0 Å². The Morgan fingerprint density at radius 1 is 1.00 bits per heavy atom. The predicted molar refractivity (Wildman–Crippen MR) is 102 cm³/mol. The van der Waals surface area contributed by atoms with E-state index in [9.17, 15) is 5.26 Å². The van der Waals surface area contributed by atoms with Crippen LogP contribution in [0.1, 0.15) is 11.1 Å². The third kappa shape index (κ3) is 3.05. The largest absolute Gasteiger partial charge is 0.493 e. The van der Waals surface area contributed by atoms with Crippen molar-refractivity contribution in [3.63, 3.8) is 0 Å². The molecule has 1 aromatic heterocycles. The summed E-state index contributed by atoms with van der Waals surface area (Å²) in [6, 6.07) is 17.5. The molecule has 3 rings (SSSR count). The number of aromatic nitrogens is 1. The molecule has 0 atom stereocenters. The molecule has 2 aromatic carbocycles. The number of nitrogens with two attached hydrogens (primary N) is 1. The van der Waals surface area contributed by atoms with Crippen LogP contribution in [0.2, 0.25) is 0 Å². The zero-order valence-electron chi connectivity index (χ0n) is 14.9. The van der Waals surface area contributed by atoms with Crippen LogP contribution in [-0.4, -0.2) is 19.2 Å². The summed E-state index contributed by atoms with van der Waals surface area (Å²) in [6.45, 7) is 2.02. The lowest BCUT2D eigenvalue weighted by Gasteiger charge is -2.15. The van der Waals surface area contributed by atoms with Gasteiger partial charge in [-0.15, -0.1) is 0 Å². The van der Waals surface area contributed by atoms with Gasteiger partial charge in [0, 0.05) is 16.7 Å². The first-order valence-corrected chi connectivity index (χ1v) is 8.08. The van der Waals surface area contributed by atoms with E-state index >= 15 is 0 Å². The second-order valence-corrected chi connectivity index (χ2v) is 5.83. The van der Waals surface area contributed by atoms with Gasteiger partial charge in [-0.25, -0.2) is 4.98 Å². The maximum atomic E-state index is 9.61. The topological polar surface area (TPSA) is 81.2 Å². The maximum absolute atomic E-state index is 9.61. The predicted octanol–water partition coefficient (Wildman–Crippen LogP) is 4.20. The van der Waals surface area contributed by atoms with Crippen LogP contribution in [0.25, 0.3) is 22.4 Å². The van der Waals surface area contributed by atoms with Crippen molar-refractivity contribution in [2.24, 2.45) is 0 Å². The molecule has 0 radical (unpaired) electrons. The van der Waals surface area contributed by atoms with Crippen molar-refractivity contribution in [3.05, 3.63) is 59.7 Å². The minimum atomic E-state index is 0.186. The Morgan fingerprint density at radius 3 is 2.35 bits per heavy atom. The number of ether oxygens (including phenoxy) is 2. The van der Waals surface area contributed by atoms with E-state index in [1.807, 2.05) is 49.4 Å². The zero-order valence-corrected chi connectivity index (χ0v) is 14.9. The highest BCUT2D eigenvalue weighted by Gasteiger charge is 2.18. The number of anilines is 1. The number of nitrogens with zero attached hydrogens (tertiary/aromatic N) is 2. The molecule has 0 saturated carbocycles. The zero-order chi connectivity index (χ0) is 18.7. The number of aryl methyl sites for hydroxylation is 1. The number of benzene rings is 2. The molecule has 3 aromatic rings. The molecule has 1 heterocycles. The van der Waals surface area contributed by atoms with Crippen LogP contribution in [0.4, 0.5) is 5.82 Å². The van der Waals surface area contributed by atoms with Crippen LogP contribution in [-0.2, 0) is 0 Å². The smallest absolute Gasteiger partial charge is 0.168 e. The summed E-state index contributed by atoms with van der Waals surface area (Å²) in [5, 5.41) is 9.61. The van der Waals surface area contributed by atoms with Gasteiger partial charge in [0.05, 0.1) is 19.9 Å². The molecular weight excluding hydrogens is 326 g/mol. The van der Waals surface area contributed by atoms with Crippen molar-refractivity contribution in [1.29, 1.82) is 5.26 Å². The van der Waals surface area contributed by atoms with Crippen molar-refractivity contribution < 1.29 is 9.47 Å². The van der Waals surface area contributed by atoms with E-state index in [-0.39, 0.29) is 5.82 Å². The lowest BCUT2D eigenvalue weighted by Crippen LogP contribution is -2.01. The summed E-state index contributed by atoms with van der Waals surface area (Å²) in [4.78, 5) is 4.41. The van der Waals surface area contributed by atoms with Gasteiger partial charge in [-0.2, -0.15) is 5.26 Å². The summed E-state index contributed by atoms with van der Waals surface area (Å²) < 4.78 is 10.9. The lowest BCUT2D eigenvalue weighted by atomic mass is 9.97. The Hall–Kier alpha value is -3.52. The summed E-state index contributed by atoms with van der Waals surface area (Å²) in [6.07, 6.45) is 0. The molecule has 0 saturated heterocycles. The number of nitrogen functional groups attached to an aromatic ring is 1. The Labute approximate surface area is 152 Å². The third-order valence-electron chi connectivity index (χ3n) is 4.20. The molecule has 0 aliphatic heterocycles. The highest BCUT2D eigenvalue weighted by molar-refractivity contribution is 5.84. The highest BCUT2D eigenvalue weighted by Crippen LogP contribution is 2.41. The van der Waals surface area contributed by atoms with Gasteiger partial charge in [0.25, 0.3) is 0 Å². The molecule has 2 N–H and O–H groups in total. The van der Waals surface area contributed by atoms with Gasteiger partial charge >= 0.3 is 0 Å². The summed E-state index contributed by atoms with van der Waals surface area (Å²) in [5.41, 5.74) is 10.6. The first-order valence-electron chi connectivity index (χ1n) is 8.08. The van der Waals surface area contributed by atoms with Crippen LogP contribution in [0.3, 0.4) is 0 Å². The number of para-hydroxylation sites is 1. The molecule has 130 valence electrons. The van der Waals surface area contributed by atoms with Gasteiger partial charge < -0.3 is 15.2 Å². The summed E-state index contributed by atoms with van der Waals surface area (Å²) in [5.74, 6) is 1.32. The maximum Gasteiger partial charge on any atom is 0.168 e. The monoisotopic (exact) mass is 345 g/mol. The third-order valence-corrected chi connectivity index (χ3v) is 4.20. The van der Waals surface area contributed by atoms with E-state index in [1.165, 1.54) is 0 Å². The van der Waals surface area contributed by atoms with E-state index in [2.05, 4.69) is 11.1 Å². The fourth-order valence-electron chi connectivity index (χ4n) is 2.87. The van der Waals surface area contributed by atoms with Crippen LogP contribution < -0.4 is 15.2 Å². The molecule has 5 heteroatoms. The molecule has 0 unspecified atom stereocenters. The molecule has 0 bridgehead atoms. The molecule has 0 aliphatic rings. The van der Waals surface area contributed by atoms with Crippen LogP contribution in [0.5, 0.6) is 11.5 Å². The molecule has 0 amide bonds. The SMILES string of the molecule is COc1cccc(-c2cc(-c3ccc(C)cc3)nc(N)c2C#N)c1OC. The van der Waals surface area contributed by atoms with Gasteiger partial charge in [-0.3, -0.25) is 0 Å². The Kier molecular flexibility index (Phi) is 4.76. The lowest BCUT2D eigenvalue weighted by molar-refractivity contribution is 0.356. The Morgan fingerprint density at radius 2 is 1.73 bits per heavy atom. The first-order chi connectivity index (χ1) is 12.6. The van der Waals surface area contributed by atoms with E-state index in [1.54, 1.807) is 20.3 Å². The minimum absolute atomic E-state index is 0.186. The fourth-order valence-corrected chi connectivity index (χ4v) is 2.87. The van der Waals surface area contributed by atoms with Gasteiger partial charge in [-0.05, 0) is 19.1 Å². The number of rotatable bonds is 4. The second kappa shape index (κ2) is 7.16. The van der Waals surface area contributed by atoms with Crippen LogP contribution in [0.15, 0.2) is 48.5 Å². The van der Waals surface area contributed by atoms with Gasteiger partial charge in [-0.1, -0.05) is 42.0 Å². The molecule has 0 fully saturated rings. The van der Waals surface area contributed by atoms with Crippen molar-refractivity contribution >= 4 is 5.82 Å². The molecule has 0 spiro atoms. The normalized spacial score (nSPS) is 10.2. The van der Waals surface area contributed by atoms with E-state index < -0.39 is 0 Å². The van der Waals surface area contributed by atoms with E-state index in [0.29, 0.717) is 28.3 Å². The Bertz CT molecular complexity index is 989. The molecule has 0 aliphatic carbocycles. The average molecular weight is 345 g/mol. The Balaban J connectivity index is 2.28. The standard InChI is InChI=1S/C21H19N3O2/c1-13-7-9-14(10-8-13)18-11-16(17(12-22)21(23)24-18)15-5-4-6-19(25-2)20(15)26-3/h4-11H,1-3H3,(H2,23,24). The number of nitriles is 1. The minimum Gasteiger partial charge on any atom is -0.493 e. The quantitative estimate of drug-likeness (QED) is 0.766. The van der Waals surface area contributed by atoms with E-state index in [0.717, 1.165) is 16.7 Å². The van der Waals surface area contributed by atoms with Crippen molar-refractivity contribution in [2.45, 2.75) is 6.92 Å². The summed E-state index contributed by atoms with van der Waals surface area (Å²) >= 11 is 0.